The third-order valence-corrected chi connectivity index (χ3v) is 4.06. The summed E-state index contributed by atoms with van der Waals surface area (Å²) in [7, 11) is 0. The second-order valence-corrected chi connectivity index (χ2v) is 6.98. The molecule has 1 unspecified atom stereocenters. The second kappa shape index (κ2) is 6.27. The Bertz CT molecular complexity index is 507. The lowest BCUT2D eigenvalue weighted by Crippen LogP contribution is -2.40. The van der Waals surface area contributed by atoms with Crippen molar-refractivity contribution in [2.45, 2.75) is 70.0 Å². The van der Waals surface area contributed by atoms with Gasteiger partial charge in [-0.1, -0.05) is 6.08 Å². The van der Waals surface area contributed by atoms with Gasteiger partial charge in [0.15, 0.2) is 17.7 Å². The van der Waals surface area contributed by atoms with E-state index in [1.165, 1.54) is 0 Å². The summed E-state index contributed by atoms with van der Waals surface area (Å²) in [4.78, 5) is 11.8. The van der Waals surface area contributed by atoms with Crippen LogP contribution in [0.1, 0.15) is 27.7 Å². The van der Waals surface area contributed by atoms with Crippen LogP contribution >= 0.6 is 0 Å². The molecule has 3 rings (SSSR count). The molecule has 136 valence electrons. The van der Waals surface area contributed by atoms with E-state index in [2.05, 4.69) is 11.9 Å². The number of fused-ring (bicyclic) bond motifs is 1. The number of amides is 1. The van der Waals surface area contributed by atoms with Gasteiger partial charge in [0.2, 0.25) is 6.29 Å². The van der Waals surface area contributed by atoms with Crippen molar-refractivity contribution < 1.29 is 33.2 Å². The van der Waals surface area contributed by atoms with Crippen LogP contribution in [-0.4, -0.2) is 61.5 Å². The molecule has 0 aromatic rings. The smallest absolute Gasteiger partial charge is 0.409 e. The van der Waals surface area contributed by atoms with Crippen molar-refractivity contribution >= 4 is 6.09 Å². The van der Waals surface area contributed by atoms with Gasteiger partial charge in [0.25, 0.3) is 0 Å². The van der Waals surface area contributed by atoms with Crippen LogP contribution in [0, 0.1) is 0 Å². The summed E-state index contributed by atoms with van der Waals surface area (Å²) >= 11 is 0. The number of carbonyl (C=O) groups excluding carboxylic acids is 1. The molecule has 3 aliphatic rings. The van der Waals surface area contributed by atoms with Crippen LogP contribution in [-0.2, 0) is 28.4 Å². The van der Waals surface area contributed by atoms with Crippen LogP contribution in [0.4, 0.5) is 4.79 Å². The summed E-state index contributed by atoms with van der Waals surface area (Å²) < 4.78 is 34.5. The van der Waals surface area contributed by atoms with Gasteiger partial charge in [-0.3, -0.25) is 0 Å². The Kier molecular flexibility index (Phi) is 4.61. The number of hydrogen-bond acceptors (Lipinski definition) is 7. The van der Waals surface area contributed by atoms with Crippen molar-refractivity contribution in [2.24, 2.45) is 0 Å². The van der Waals surface area contributed by atoms with E-state index in [1.807, 2.05) is 27.7 Å². The number of carbonyl (C=O) groups is 1. The van der Waals surface area contributed by atoms with Crippen LogP contribution < -0.4 is 5.32 Å². The lowest BCUT2D eigenvalue weighted by molar-refractivity contribution is -0.235. The molecule has 0 aliphatic carbocycles. The lowest BCUT2D eigenvalue weighted by atomic mass is 10.1. The SMILES string of the molecule is C=CCNC(=O)OC1O[C@H]([C@H]2COC(C)(C)O2)[C@@H]2OC(C)(C)O[C@H]12. The van der Waals surface area contributed by atoms with Crippen molar-refractivity contribution in [1.82, 2.24) is 5.32 Å². The van der Waals surface area contributed by atoms with Crippen LogP contribution in [0.2, 0.25) is 0 Å². The molecule has 0 bridgehead atoms. The van der Waals surface area contributed by atoms with Crippen LogP contribution in [0.15, 0.2) is 12.7 Å². The molecule has 0 aromatic heterocycles. The van der Waals surface area contributed by atoms with Crippen LogP contribution in [0.25, 0.3) is 0 Å². The molecule has 1 N–H and O–H groups in total. The minimum absolute atomic E-state index is 0.305. The van der Waals surface area contributed by atoms with Crippen molar-refractivity contribution in [2.75, 3.05) is 13.2 Å². The van der Waals surface area contributed by atoms with Crippen molar-refractivity contribution in [3.63, 3.8) is 0 Å². The fourth-order valence-electron chi connectivity index (χ4n) is 3.17. The summed E-state index contributed by atoms with van der Waals surface area (Å²) in [5.74, 6) is -1.47. The first-order chi connectivity index (χ1) is 11.2. The Hall–Kier alpha value is -1.19. The molecule has 0 radical (unpaired) electrons. The zero-order chi connectivity index (χ0) is 17.5. The van der Waals surface area contributed by atoms with Crippen LogP contribution in [0.5, 0.6) is 0 Å². The van der Waals surface area contributed by atoms with Gasteiger partial charge in [0.05, 0.1) is 6.61 Å². The van der Waals surface area contributed by atoms with Gasteiger partial charge >= 0.3 is 6.09 Å². The Morgan fingerprint density at radius 3 is 2.50 bits per heavy atom. The highest BCUT2D eigenvalue weighted by atomic mass is 16.8. The third-order valence-electron chi connectivity index (χ3n) is 4.06. The van der Waals surface area contributed by atoms with E-state index in [-0.39, 0.29) is 6.10 Å². The maximum absolute atomic E-state index is 11.8. The van der Waals surface area contributed by atoms with Gasteiger partial charge < -0.3 is 33.7 Å². The van der Waals surface area contributed by atoms with Gasteiger partial charge in [-0.15, -0.1) is 6.58 Å². The Labute approximate surface area is 141 Å². The quantitative estimate of drug-likeness (QED) is 0.770. The minimum atomic E-state index is -0.876. The minimum Gasteiger partial charge on any atom is -0.417 e. The van der Waals surface area contributed by atoms with E-state index < -0.39 is 42.3 Å². The molecule has 3 fully saturated rings. The van der Waals surface area contributed by atoms with E-state index in [4.69, 9.17) is 28.4 Å². The maximum atomic E-state index is 11.8. The van der Waals surface area contributed by atoms with Gasteiger partial charge in [-0.25, -0.2) is 4.79 Å². The zero-order valence-electron chi connectivity index (χ0n) is 14.4. The molecule has 1 amide bonds. The first kappa shape index (κ1) is 17.6. The molecule has 3 aliphatic heterocycles. The summed E-state index contributed by atoms with van der Waals surface area (Å²) in [5.41, 5.74) is 0. The average molecular weight is 343 g/mol. The highest BCUT2D eigenvalue weighted by Crippen LogP contribution is 2.42. The molecule has 0 aromatic carbocycles. The first-order valence-electron chi connectivity index (χ1n) is 8.09. The number of rotatable bonds is 4. The number of alkyl carbamates (subject to hydrolysis) is 1. The number of hydrogen-bond donors (Lipinski definition) is 1. The molecule has 0 spiro atoms. The fraction of sp³-hybridized carbons (Fsp3) is 0.812. The predicted molar refractivity (Wildman–Crippen MR) is 82.1 cm³/mol. The molecule has 3 heterocycles. The van der Waals surface area contributed by atoms with Crippen LogP contribution in [0.3, 0.4) is 0 Å². The third kappa shape index (κ3) is 3.57. The summed E-state index contributed by atoms with van der Waals surface area (Å²) in [6, 6.07) is 0. The molecule has 5 atom stereocenters. The maximum Gasteiger partial charge on any atom is 0.409 e. The average Bonchev–Trinajstić information content (AvgIpc) is 3.08. The van der Waals surface area contributed by atoms with Gasteiger partial charge in [0, 0.05) is 6.54 Å². The van der Waals surface area contributed by atoms with Gasteiger partial charge in [-0.05, 0) is 27.7 Å². The molecular weight excluding hydrogens is 318 g/mol. The van der Waals surface area contributed by atoms with E-state index in [9.17, 15) is 4.79 Å². The highest BCUT2D eigenvalue weighted by molar-refractivity contribution is 5.67. The Morgan fingerprint density at radius 1 is 1.17 bits per heavy atom. The normalized spacial score (nSPS) is 39.4. The second-order valence-electron chi connectivity index (χ2n) is 6.98. The van der Waals surface area contributed by atoms with E-state index in [0.29, 0.717) is 13.2 Å². The molecule has 8 heteroatoms. The van der Waals surface area contributed by atoms with Crippen molar-refractivity contribution in [1.29, 1.82) is 0 Å². The molecule has 24 heavy (non-hydrogen) atoms. The highest BCUT2D eigenvalue weighted by Gasteiger charge is 2.60. The largest absolute Gasteiger partial charge is 0.417 e. The zero-order valence-corrected chi connectivity index (χ0v) is 14.4. The van der Waals surface area contributed by atoms with E-state index in [0.717, 1.165) is 0 Å². The van der Waals surface area contributed by atoms with Gasteiger partial charge in [-0.2, -0.15) is 0 Å². The monoisotopic (exact) mass is 343 g/mol. The van der Waals surface area contributed by atoms with Gasteiger partial charge in [0.1, 0.15) is 18.3 Å². The molecule has 8 nitrogen and oxygen atoms in total. The Balaban J connectivity index is 1.70. The fourth-order valence-corrected chi connectivity index (χ4v) is 3.17. The first-order valence-corrected chi connectivity index (χ1v) is 8.09. The number of ether oxygens (including phenoxy) is 6. The summed E-state index contributed by atoms with van der Waals surface area (Å²) in [5, 5.41) is 2.55. The standard InChI is InChI=1S/C16H25NO7/c1-6-7-17-14(18)21-13-12-11(23-16(4,5)24-12)10(20-13)9-8-19-15(2,3)22-9/h6,9-13H,1,7-8H2,2-5H3,(H,17,18)/t9-,10-,11+,12+,13?/m1/s1. The summed E-state index contributed by atoms with van der Waals surface area (Å²) in [6.45, 7) is 11.5. The molecular formula is C16H25NO7. The summed E-state index contributed by atoms with van der Waals surface area (Å²) in [6.07, 6.45) is -1.61. The number of nitrogens with one attached hydrogen (secondary N) is 1. The van der Waals surface area contributed by atoms with Crippen molar-refractivity contribution in [3.05, 3.63) is 12.7 Å². The molecule has 0 saturated carbocycles. The lowest BCUT2D eigenvalue weighted by Gasteiger charge is -2.26. The Morgan fingerprint density at radius 2 is 1.88 bits per heavy atom. The predicted octanol–water partition coefficient (Wildman–Crippen LogP) is 1.30. The topological polar surface area (TPSA) is 84.5 Å². The van der Waals surface area contributed by atoms with E-state index in [1.54, 1.807) is 6.08 Å². The molecule has 3 saturated heterocycles. The van der Waals surface area contributed by atoms with E-state index >= 15 is 0 Å². The van der Waals surface area contributed by atoms with Crippen molar-refractivity contribution in [3.8, 4) is 0 Å².